The first kappa shape index (κ1) is 20.1. The minimum absolute atomic E-state index is 0.0308. The number of aromatic carboxylic acids is 1. The Morgan fingerprint density at radius 2 is 1.79 bits per heavy atom. The van der Waals surface area contributed by atoms with Gasteiger partial charge in [-0.1, -0.05) is 6.07 Å². The molecule has 0 unspecified atom stereocenters. The van der Waals surface area contributed by atoms with Crippen molar-refractivity contribution in [2.45, 2.75) is 13.8 Å². The van der Waals surface area contributed by atoms with Crippen LogP contribution in [-0.2, 0) is 4.79 Å². The summed E-state index contributed by atoms with van der Waals surface area (Å²) in [6.07, 6.45) is 0. The van der Waals surface area contributed by atoms with Gasteiger partial charge in [-0.15, -0.1) is 0 Å². The van der Waals surface area contributed by atoms with Crippen molar-refractivity contribution < 1.29 is 24.3 Å². The predicted molar refractivity (Wildman–Crippen MR) is 107 cm³/mol. The van der Waals surface area contributed by atoms with Crippen LogP contribution >= 0.6 is 0 Å². The molecule has 8 nitrogen and oxygen atoms in total. The zero-order chi connectivity index (χ0) is 21.1. The van der Waals surface area contributed by atoms with Crippen molar-refractivity contribution in [1.29, 1.82) is 0 Å². The second-order valence-corrected chi connectivity index (χ2v) is 6.64. The van der Waals surface area contributed by atoms with Crippen molar-refractivity contribution in [3.05, 3.63) is 59.2 Å². The van der Waals surface area contributed by atoms with E-state index in [1.54, 1.807) is 6.07 Å². The maximum absolute atomic E-state index is 12.6. The molecule has 1 aliphatic heterocycles. The van der Waals surface area contributed by atoms with Crippen LogP contribution in [0.1, 0.15) is 44.9 Å². The van der Waals surface area contributed by atoms with Crippen LogP contribution < -0.4 is 10.2 Å². The number of hydrogen-bond donors (Lipinski definition) is 2. The zero-order valence-corrected chi connectivity index (χ0v) is 16.1. The van der Waals surface area contributed by atoms with Gasteiger partial charge in [0.15, 0.2) is 0 Å². The summed E-state index contributed by atoms with van der Waals surface area (Å²) >= 11 is 0. The van der Waals surface area contributed by atoms with Gasteiger partial charge >= 0.3 is 5.97 Å². The molecule has 0 aromatic heterocycles. The third-order valence-electron chi connectivity index (χ3n) is 4.72. The molecule has 2 aromatic carbocycles. The molecule has 29 heavy (non-hydrogen) atoms. The van der Waals surface area contributed by atoms with Gasteiger partial charge in [-0.3, -0.25) is 19.3 Å². The van der Waals surface area contributed by atoms with E-state index >= 15 is 0 Å². The molecule has 0 fully saturated rings. The lowest BCUT2D eigenvalue weighted by Crippen LogP contribution is -2.38. The highest BCUT2D eigenvalue weighted by atomic mass is 16.4. The molecule has 8 heteroatoms. The molecule has 0 saturated carbocycles. The lowest BCUT2D eigenvalue weighted by Gasteiger charge is -2.26. The summed E-state index contributed by atoms with van der Waals surface area (Å²) < 4.78 is 0. The fourth-order valence-corrected chi connectivity index (χ4v) is 3.30. The van der Waals surface area contributed by atoms with Crippen molar-refractivity contribution >= 4 is 35.1 Å². The average molecular weight is 395 g/mol. The van der Waals surface area contributed by atoms with Crippen molar-refractivity contribution in [3.63, 3.8) is 0 Å². The molecule has 1 aliphatic rings. The number of rotatable bonds is 7. The summed E-state index contributed by atoms with van der Waals surface area (Å²) in [4.78, 5) is 50.8. The third kappa shape index (κ3) is 4.11. The number of anilines is 2. The molecule has 150 valence electrons. The molecule has 0 spiro atoms. The molecule has 2 aromatic rings. The molecular weight excluding hydrogens is 374 g/mol. The molecule has 0 atom stereocenters. The third-order valence-corrected chi connectivity index (χ3v) is 4.72. The van der Waals surface area contributed by atoms with E-state index in [4.69, 9.17) is 5.11 Å². The van der Waals surface area contributed by atoms with E-state index < -0.39 is 17.8 Å². The fourth-order valence-electron chi connectivity index (χ4n) is 3.30. The normalized spacial score (nSPS) is 12.7. The number of fused-ring (bicyclic) bond motifs is 1. The standard InChI is InChI=1S/C21H21N3O5/c1-3-23(16-6-4-5-15(12-16)22-13(2)25)9-10-24-19(26)17-8-7-14(21(28)29)11-18(17)20(24)27/h4-8,11-12H,3,9-10H2,1-2H3,(H,22,25)(H,28,29). The quantitative estimate of drug-likeness (QED) is 0.698. The van der Waals surface area contributed by atoms with Gasteiger partial charge < -0.3 is 15.3 Å². The Morgan fingerprint density at radius 1 is 1.07 bits per heavy atom. The van der Waals surface area contributed by atoms with Gasteiger partial charge in [0, 0.05) is 37.9 Å². The van der Waals surface area contributed by atoms with Crippen LogP contribution in [0.15, 0.2) is 42.5 Å². The number of carbonyl (C=O) groups is 4. The van der Waals surface area contributed by atoms with E-state index in [1.807, 2.05) is 30.0 Å². The number of carboxylic acid groups (broad SMARTS) is 1. The molecule has 0 aliphatic carbocycles. The van der Waals surface area contributed by atoms with Crippen molar-refractivity contribution in [2.24, 2.45) is 0 Å². The van der Waals surface area contributed by atoms with E-state index in [-0.39, 0.29) is 29.1 Å². The van der Waals surface area contributed by atoms with Crippen LogP contribution in [0, 0.1) is 0 Å². The van der Waals surface area contributed by atoms with Gasteiger partial charge in [-0.05, 0) is 43.3 Å². The van der Waals surface area contributed by atoms with E-state index in [0.717, 1.165) is 10.6 Å². The molecule has 0 radical (unpaired) electrons. The smallest absolute Gasteiger partial charge is 0.335 e. The number of likely N-dealkylation sites (N-methyl/N-ethyl adjacent to an activating group) is 1. The molecule has 3 amide bonds. The second-order valence-electron chi connectivity index (χ2n) is 6.64. The van der Waals surface area contributed by atoms with Gasteiger partial charge in [0.25, 0.3) is 11.8 Å². The maximum Gasteiger partial charge on any atom is 0.335 e. The number of nitrogens with one attached hydrogen (secondary N) is 1. The second kappa shape index (κ2) is 8.14. The maximum atomic E-state index is 12.6. The molecule has 3 rings (SSSR count). The minimum atomic E-state index is -1.15. The predicted octanol–water partition coefficient (Wildman–Crippen LogP) is 2.47. The Labute approximate surface area is 167 Å². The first-order chi connectivity index (χ1) is 13.8. The van der Waals surface area contributed by atoms with Crippen LogP contribution in [0.2, 0.25) is 0 Å². The Hall–Kier alpha value is -3.68. The Bertz CT molecular complexity index is 1000. The highest BCUT2D eigenvalue weighted by Gasteiger charge is 2.36. The van der Waals surface area contributed by atoms with Crippen LogP contribution in [0.25, 0.3) is 0 Å². The van der Waals surface area contributed by atoms with Crippen LogP contribution in [0.3, 0.4) is 0 Å². The fraction of sp³-hybridized carbons (Fsp3) is 0.238. The minimum Gasteiger partial charge on any atom is -0.478 e. The largest absolute Gasteiger partial charge is 0.478 e. The molecule has 0 bridgehead atoms. The van der Waals surface area contributed by atoms with Crippen molar-refractivity contribution in [3.8, 4) is 0 Å². The highest BCUT2D eigenvalue weighted by Crippen LogP contribution is 2.25. The number of hydrogen-bond acceptors (Lipinski definition) is 5. The number of carbonyl (C=O) groups excluding carboxylic acids is 3. The average Bonchev–Trinajstić information content (AvgIpc) is 2.92. The lowest BCUT2D eigenvalue weighted by molar-refractivity contribution is -0.114. The Kier molecular flexibility index (Phi) is 5.63. The van der Waals surface area contributed by atoms with Gasteiger partial charge in [0.05, 0.1) is 16.7 Å². The highest BCUT2D eigenvalue weighted by molar-refractivity contribution is 6.21. The Morgan fingerprint density at radius 3 is 2.45 bits per heavy atom. The summed E-state index contributed by atoms with van der Waals surface area (Å²) in [6, 6.07) is 11.3. The van der Waals surface area contributed by atoms with Crippen LogP contribution in [0.5, 0.6) is 0 Å². The summed E-state index contributed by atoms with van der Waals surface area (Å²) in [5.41, 5.74) is 1.82. The van der Waals surface area contributed by atoms with Gasteiger partial charge in [0.1, 0.15) is 0 Å². The van der Waals surface area contributed by atoms with Crippen molar-refractivity contribution in [2.75, 3.05) is 29.9 Å². The summed E-state index contributed by atoms with van der Waals surface area (Å²) in [5, 5.41) is 11.8. The van der Waals surface area contributed by atoms with Crippen LogP contribution in [0.4, 0.5) is 11.4 Å². The van der Waals surface area contributed by atoms with E-state index in [0.29, 0.717) is 18.8 Å². The zero-order valence-electron chi connectivity index (χ0n) is 16.1. The molecule has 2 N–H and O–H groups in total. The van der Waals surface area contributed by atoms with Gasteiger partial charge in [-0.2, -0.15) is 0 Å². The Balaban J connectivity index is 1.75. The molecule has 0 saturated heterocycles. The monoisotopic (exact) mass is 395 g/mol. The van der Waals surface area contributed by atoms with Gasteiger partial charge in [-0.25, -0.2) is 4.79 Å². The summed E-state index contributed by atoms with van der Waals surface area (Å²) in [7, 11) is 0. The first-order valence-electron chi connectivity index (χ1n) is 9.18. The number of imide groups is 1. The first-order valence-corrected chi connectivity index (χ1v) is 9.18. The topological polar surface area (TPSA) is 107 Å². The molecule has 1 heterocycles. The number of carboxylic acids is 1. The van der Waals surface area contributed by atoms with Crippen molar-refractivity contribution in [1.82, 2.24) is 4.90 Å². The van der Waals surface area contributed by atoms with Crippen LogP contribution in [-0.4, -0.2) is 53.3 Å². The number of nitrogens with zero attached hydrogens (tertiary/aromatic N) is 2. The number of amides is 3. The SMILES string of the molecule is CCN(CCN1C(=O)c2ccc(C(=O)O)cc2C1=O)c1cccc(NC(C)=O)c1. The molecular formula is C21H21N3O5. The summed E-state index contributed by atoms with van der Waals surface area (Å²) in [6.45, 7) is 4.58. The van der Waals surface area contributed by atoms with E-state index in [1.165, 1.54) is 25.1 Å². The van der Waals surface area contributed by atoms with Gasteiger partial charge in [0.2, 0.25) is 5.91 Å². The van der Waals surface area contributed by atoms with E-state index in [9.17, 15) is 19.2 Å². The summed E-state index contributed by atoms with van der Waals surface area (Å²) in [5.74, 6) is -2.24. The lowest BCUT2D eigenvalue weighted by atomic mass is 10.1. The van der Waals surface area contributed by atoms with E-state index in [2.05, 4.69) is 5.32 Å². The number of benzene rings is 2.